The topological polar surface area (TPSA) is 20.2 Å². The van der Waals surface area contributed by atoms with E-state index in [2.05, 4.69) is 0 Å². The first-order chi connectivity index (χ1) is 6.69. The lowest BCUT2D eigenvalue weighted by Crippen LogP contribution is -1.93. The largest absolute Gasteiger partial charge is 0.508 e. The Kier molecular flexibility index (Phi) is 3.93. The smallest absolute Gasteiger partial charge is 0.129 e. The van der Waals surface area contributed by atoms with Gasteiger partial charge in [-0.2, -0.15) is 0 Å². The van der Waals surface area contributed by atoms with E-state index in [4.69, 9.17) is 0 Å². The second kappa shape index (κ2) is 4.99. The van der Waals surface area contributed by atoms with Crippen molar-refractivity contribution in [2.75, 3.05) is 0 Å². The van der Waals surface area contributed by atoms with Crippen molar-refractivity contribution in [2.45, 2.75) is 39.3 Å². The van der Waals surface area contributed by atoms with Gasteiger partial charge in [-0.15, -0.1) is 0 Å². The third-order valence-corrected chi connectivity index (χ3v) is 2.38. The lowest BCUT2D eigenvalue weighted by molar-refractivity contribution is 0.309. The van der Waals surface area contributed by atoms with Gasteiger partial charge >= 0.3 is 0 Å². The van der Waals surface area contributed by atoms with E-state index in [-0.39, 0.29) is 5.75 Å². The summed E-state index contributed by atoms with van der Waals surface area (Å²) in [7, 11) is 0. The molecule has 14 heavy (non-hydrogen) atoms. The van der Waals surface area contributed by atoms with Crippen LogP contribution in [0, 0.1) is 0 Å². The van der Waals surface area contributed by atoms with Crippen molar-refractivity contribution in [3.05, 3.63) is 29.3 Å². The van der Waals surface area contributed by atoms with Gasteiger partial charge in [0.2, 0.25) is 0 Å². The van der Waals surface area contributed by atoms with E-state index in [0.29, 0.717) is 12.0 Å². The van der Waals surface area contributed by atoms with Crippen LogP contribution in [-0.4, -0.2) is 5.11 Å². The molecule has 1 unspecified atom stereocenters. The lowest BCUT2D eigenvalue weighted by Gasteiger charge is -2.10. The van der Waals surface area contributed by atoms with E-state index in [1.165, 1.54) is 0 Å². The van der Waals surface area contributed by atoms with Crippen molar-refractivity contribution in [3.8, 4) is 5.75 Å². The van der Waals surface area contributed by atoms with Crippen LogP contribution in [0.3, 0.4) is 0 Å². The number of hydrogen-bond donors (Lipinski definition) is 1. The maximum Gasteiger partial charge on any atom is 0.129 e. The monoisotopic (exact) mass is 196 g/mol. The van der Waals surface area contributed by atoms with Gasteiger partial charge in [0.1, 0.15) is 11.9 Å². The third-order valence-electron chi connectivity index (χ3n) is 2.38. The molecule has 0 spiro atoms. The number of aromatic hydroxyl groups is 1. The van der Waals surface area contributed by atoms with Crippen molar-refractivity contribution in [3.63, 3.8) is 0 Å². The van der Waals surface area contributed by atoms with Crippen LogP contribution in [0.5, 0.6) is 5.75 Å². The second-order valence-corrected chi connectivity index (χ2v) is 3.50. The molecule has 1 rings (SSSR count). The minimum atomic E-state index is -1.04. The molecular formula is C12H17FO. The molecule has 1 aromatic carbocycles. The molecule has 0 saturated carbocycles. The maximum atomic E-state index is 13.6. The molecule has 0 aromatic heterocycles. The molecular weight excluding hydrogens is 179 g/mol. The molecule has 2 heteroatoms. The lowest BCUT2D eigenvalue weighted by atomic mass is 10.0. The molecule has 0 radical (unpaired) electrons. The van der Waals surface area contributed by atoms with E-state index >= 15 is 0 Å². The van der Waals surface area contributed by atoms with Gasteiger partial charge in [-0.25, -0.2) is 4.39 Å². The highest BCUT2D eigenvalue weighted by atomic mass is 19.1. The number of benzene rings is 1. The van der Waals surface area contributed by atoms with Crippen molar-refractivity contribution in [1.82, 2.24) is 0 Å². The highest BCUT2D eigenvalue weighted by molar-refractivity contribution is 5.37. The SMILES string of the molecule is CCCC(F)c1cc(CC)ccc1O. The van der Waals surface area contributed by atoms with Gasteiger partial charge in [0.05, 0.1) is 0 Å². The number of rotatable bonds is 4. The first kappa shape index (κ1) is 11.0. The number of hydrogen-bond acceptors (Lipinski definition) is 1. The van der Waals surface area contributed by atoms with Crippen LogP contribution in [0.25, 0.3) is 0 Å². The molecule has 0 aliphatic carbocycles. The van der Waals surface area contributed by atoms with Crippen LogP contribution in [0.1, 0.15) is 44.0 Å². The fraction of sp³-hybridized carbons (Fsp3) is 0.500. The fourth-order valence-electron chi connectivity index (χ4n) is 1.48. The van der Waals surface area contributed by atoms with Crippen LogP contribution < -0.4 is 0 Å². The molecule has 1 aromatic rings. The molecule has 0 heterocycles. The maximum absolute atomic E-state index is 13.6. The van der Waals surface area contributed by atoms with Gasteiger partial charge in [-0.05, 0) is 30.5 Å². The summed E-state index contributed by atoms with van der Waals surface area (Å²) in [5, 5.41) is 9.49. The number of phenolic OH excluding ortho intramolecular Hbond substituents is 1. The van der Waals surface area contributed by atoms with Crippen LogP contribution in [0.4, 0.5) is 4.39 Å². The van der Waals surface area contributed by atoms with Gasteiger partial charge in [0.25, 0.3) is 0 Å². The molecule has 0 saturated heterocycles. The predicted octanol–water partition coefficient (Wildman–Crippen LogP) is 3.77. The van der Waals surface area contributed by atoms with E-state index < -0.39 is 6.17 Å². The fourth-order valence-corrected chi connectivity index (χ4v) is 1.48. The molecule has 78 valence electrons. The van der Waals surface area contributed by atoms with Crippen LogP contribution >= 0.6 is 0 Å². The number of alkyl halides is 1. The average Bonchev–Trinajstić information content (AvgIpc) is 2.19. The Bertz CT molecular complexity index is 296. The summed E-state index contributed by atoms with van der Waals surface area (Å²) in [6.07, 6.45) is 1.09. The summed E-state index contributed by atoms with van der Waals surface area (Å²) in [5.74, 6) is 0.0724. The molecule has 0 bridgehead atoms. The Labute approximate surface area is 84.6 Å². The van der Waals surface area contributed by atoms with Crippen LogP contribution in [0.2, 0.25) is 0 Å². The van der Waals surface area contributed by atoms with Crippen LogP contribution in [-0.2, 0) is 6.42 Å². The van der Waals surface area contributed by atoms with Crippen molar-refractivity contribution in [2.24, 2.45) is 0 Å². The minimum absolute atomic E-state index is 0.0724. The highest BCUT2D eigenvalue weighted by Crippen LogP contribution is 2.31. The quantitative estimate of drug-likeness (QED) is 0.777. The summed E-state index contributed by atoms with van der Waals surface area (Å²) < 4.78 is 13.6. The summed E-state index contributed by atoms with van der Waals surface area (Å²) in [5.41, 5.74) is 1.50. The Balaban J connectivity index is 2.93. The molecule has 0 fully saturated rings. The molecule has 1 N–H and O–H groups in total. The van der Waals surface area contributed by atoms with E-state index in [0.717, 1.165) is 18.4 Å². The van der Waals surface area contributed by atoms with Crippen LogP contribution in [0.15, 0.2) is 18.2 Å². The second-order valence-electron chi connectivity index (χ2n) is 3.50. The number of halogens is 1. The summed E-state index contributed by atoms with van der Waals surface area (Å²) >= 11 is 0. The first-order valence-electron chi connectivity index (χ1n) is 5.14. The minimum Gasteiger partial charge on any atom is -0.508 e. The Morgan fingerprint density at radius 3 is 2.64 bits per heavy atom. The third kappa shape index (κ3) is 2.47. The molecule has 1 atom stereocenters. The molecule has 0 aliphatic heterocycles. The van der Waals surface area contributed by atoms with E-state index in [1.54, 1.807) is 12.1 Å². The summed E-state index contributed by atoms with van der Waals surface area (Å²) in [6, 6.07) is 5.17. The predicted molar refractivity (Wildman–Crippen MR) is 56.2 cm³/mol. The Morgan fingerprint density at radius 2 is 2.07 bits per heavy atom. The number of phenols is 1. The zero-order valence-corrected chi connectivity index (χ0v) is 8.76. The van der Waals surface area contributed by atoms with Gasteiger partial charge in [-0.3, -0.25) is 0 Å². The number of aryl methyl sites for hydroxylation is 1. The zero-order valence-electron chi connectivity index (χ0n) is 8.76. The highest BCUT2D eigenvalue weighted by Gasteiger charge is 2.13. The first-order valence-corrected chi connectivity index (χ1v) is 5.14. The van der Waals surface area contributed by atoms with Gasteiger partial charge in [0, 0.05) is 5.56 Å². The van der Waals surface area contributed by atoms with E-state index in [1.807, 2.05) is 19.9 Å². The van der Waals surface area contributed by atoms with E-state index in [9.17, 15) is 9.50 Å². The van der Waals surface area contributed by atoms with Crippen molar-refractivity contribution in [1.29, 1.82) is 0 Å². The molecule has 0 amide bonds. The Morgan fingerprint density at radius 1 is 1.36 bits per heavy atom. The summed E-state index contributed by atoms with van der Waals surface area (Å²) in [4.78, 5) is 0. The zero-order chi connectivity index (χ0) is 10.6. The van der Waals surface area contributed by atoms with Crippen molar-refractivity contribution >= 4 is 0 Å². The molecule has 1 nitrogen and oxygen atoms in total. The van der Waals surface area contributed by atoms with Gasteiger partial charge in [-0.1, -0.05) is 26.3 Å². The normalized spacial score (nSPS) is 12.8. The van der Waals surface area contributed by atoms with Crippen molar-refractivity contribution < 1.29 is 9.50 Å². The standard InChI is InChI=1S/C12H17FO/c1-3-5-11(13)10-8-9(4-2)6-7-12(10)14/h6-8,11,14H,3-5H2,1-2H3. The average molecular weight is 196 g/mol. The summed E-state index contributed by atoms with van der Waals surface area (Å²) in [6.45, 7) is 3.95. The molecule has 0 aliphatic rings. The Hall–Kier alpha value is -1.05. The van der Waals surface area contributed by atoms with Gasteiger partial charge < -0.3 is 5.11 Å². The van der Waals surface area contributed by atoms with Gasteiger partial charge in [0.15, 0.2) is 0 Å².